The molecule has 0 amide bonds. The first-order chi connectivity index (χ1) is 15.7. The number of carbonyl (C=O) groups excluding carboxylic acids is 1. The Labute approximate surface area is 204 Å². The third-order valence-corrected chi connectivity index (χ3v) is 6.95. The predicted octanol–water partition coefficient (Wildman–Crippen LogP) is 7.02. The van der Waals surface area contributed by atoms with E-state index in [4.69, 9.17) is 30.5 Å². The molecule has 0 aliphatic heterocycles. The maximum absolute atomic E-state index is 13.4. The number of hydrogen-bond donors (Lipinski definition) is 0. The van der Waals surface area contributed by atoms with Crippen LogP contribution in [0, 0.1) is 0 Å². The van der Waals surface area contributed by atoms with E-state index in [1.807, 2.05) is 32.9 Å². The largest absolute Gasteiger partial charge is 0.496 e. The monoisotopic (exact) mass is 494 g/mol. The van der Waals surface area contributed by atoms with Gasteiger partial charge in [-0.15, -0.1) is 0 Å². The van der Waals surface area contributed by atoms with Crippen LogP contribution in [0.1, 0.15) is 71.2 Å². The van der Waals surface area contributed by atoms with Crippen LogP contribution < -0.4 is 24.3 Å². The molecule has 7 heteroatoms. The van der Waals surface area contributed by atoms with Gasteiger partial charge in [0.15, 0.2) is 5.52 Å². The first-order valence-electron chi connectivity index (χ1n) is 11.6. The van der Waals surface area contributed by atoms with Crippen LogP contribution in [0.15, 0.2) is 30.3 Å². The Kier molecular flexibility index (Phi) is 10.8. The highest BCUT2D eigenvalue weighted by molar-refractivity contribution is 7.66. The van der Waals surface area contributed by atoms with Gasteiger partial charge < -0.3 is 18.9 Å². The van der Waals surface area contributed by atoms with Crippen LogP contribution in [0.4, 0.5) is 0 Å². The van der Waals surface area contributed by atoms with Crippen molar-refractivity contribution >= 4 is 31.0 Å². The molecule has 0 saturated heterocycles. The molecule has 33 heavy (non-hydrogen) atoms. The van der Waals surface area contributed by atoms with Gasteiger partial charge in [0.2, 0.25) is 0 Å². The van der Waals surface area contributed by atoms with Gasteiger partial charge >= 0.3 is 0 Å². The summed E-state index contributed by atoms with van der Waals surface area (Å²) >= 11 is 6.38. The Hall–Kier alpha value is -1.97. The molecule has 4 atom stereocenters. The lowest BCUT2D eigenvalue weighted by Crippen LogP contribution is -2.20. The minimum Gasteiger partial charge on any atom is -0.496 e. The van der Waals surface area contributed by atoms with Gasteiger partial charge in [-0.3, -0.25) is 4.79 Å². The van der Waals surface area contributed by atoms with Crippen LogP contribution in [0.25, 0.3) is 0 Å². The summed E-state index contributed by atoms with van der Waals surface area (Å²) in [5.41, 5.74) is 0.222. The zero-order valence-corrected chi connectivity index (χ0v) is 22.4. The number of carbonyl (C=O) groups is 1. The molecule has 4 unspecified atom stereocenters. The molecule has 2 rings (SSSR count). The van der Waals surface area contributed by atoms with Gasteiger partial charge in [-0.05, 0) is 60.7 Å². The molecule has 0 N–H and O–H groups in total. The van der Waals surface area contributed by atoms with E-state index < -0.39 is 0 Å². The van der Waals surface area contributed by atoms with Crippen molar-refractivity contribution < 1.29 is 23.7 Å². The molecule has 0 aliphatic carbocycles. The van der Waals surface area contributed by atoms with Crippen molar-refractivity contribution in [3.63, 3.8) is 0 Å². The summed E-state index contributed by atoms with van der Waals surface area (Å²) in [6.45, 7) is 12.2. The Bertz CT molecular complexity index is 900. The Balaban J connectivity index is 2.59. The number of methoxy groups -OCH3 is 1. The van der Waals surface area contributed by atoms with Gasteiger partial charge in [0.25, 0.3) is 0 Å². The van der Waals surface area contributed by atoms with Crippen molar-refractivity contribution in [2.75, 3.05) is 7.11 Å². The van der Waals surface area contributed by atoms with Crippen LogP contribution in [-0.2, 0) is 0 Å². The van der Waals surface area contributed by atoms with E-state index in [2.05, 4.69) is 20.8 Å². The SMILES string of the molecule is CCC(C)Oc1cc(OC(C)CC)c(PC(=O)c2c(Cl)cccc2OC)c(OC(C)CC)c1. The minimum atomic E-state index is -0.265. The zero-order valence-electron chi connectivity index (χ0n) is 20.7. The Morgan fingerprint density at radius 3 is 1.88 bits per heavy atom. The number of rotatable bonds is 13. The van der Waals surface area contributed by atoms with E-state index in [1.54, 1.807) is 18.2 Å². The van der Waals surface area contributed by atoms with Gasteiger partial charge in [-0.1, -0.05) is 38.4 Å². The van der Waals surface area contributed by atoms with Crippen LogP contribution in [0.5, 0.6) is 23.0 Å². The molecule has 0 heterocycles. The van der Waals surface area contributed by atoms with E-state index in [9.17, 15) is 4.79 Å². The quantitative estimate of drug-likeness (QED) is 0.280. The highest BCUT2D eigenvalue weighted by Gasteiger charge is 2.24. The molecule has 0 bridgehead atoms. The first kappa shape index (κ1) is 27.3. The maximum Gasteiger partial charge on any atom is 0.191 e. The lowest BCUT2D eigenvalue weighted by Gasteiger charge is -2.23. The lowest BCUT2D eigenvalue weighted by molar-refractivity contribution is 0.108. The normalized spacial score (nSPS) is 14.1. The van der Waals surface area contributed by atoms with Crippen LogP contribution >= 0.6 is 20.2 Å². The fraction of sp³-hybridized carbons (Fsp3) is 0.500. The van der Waals surface area contributed by atoms with Crippen LogP contribution in [0.2, 0.25) is 5.02 Å². The van der Waals surface area contributed by atoms with Gasteiger partial charge in [0, 0.05) is 12.1 Å². The van der Waals surface area contributed by atoms with Gasteiger partial charge in [0.1, 0.15) is 23.0 Å². The molecular weight excluding hydrogens is 459 g/mol. The van der Waals surface area contributed by atoms with E-state index in [0.29, 0.717) is 38.9 Å². The summed E-state index contributed by atoms with van der Waals surface area (Å²) in [4.78, 5) is 13.4. The fourth-order valence-electron chi connectivity index (χ4n) is 2.93. The highest BCUT2D eigenvalue weighted by Crippen LogP contribution is 2.39. The lowest BCUT2D eigenvalue weighted by atomic mass is 10.2. The van der Waals surface area contributed by atoms with Crippen molar-refractivity contribution in [1.29, 1.82) is 0 Å². The van der Waals surface area contributed by atoms with E-state index in [1.165, 1.54) is 7.11 Å². The second-order valence-electron chi connectivity index (χ2n) is 8.08. The topological polar surface area (TPSA) is 54.0 Å². The average molecular weight is 495 g/mol. The van der Waals surface area contributed by atoms with Crippen LogP contribution in [-0.4, -0.2) is 30.9 Å². The second kappa shape index (κ2) is 13.1. The van der Waals surface area contributed by atoms with Gasteiger partial charge in [-0.25, -0.2) is 0 Å². The molecule has 5 nitrogen and oxygen atoms in total. The molecule has 2 aromatic rings. The van der Waals surface area contributed by atoms with E-state index >= 15 is 0 Å². The van der Waals surface area contributed by atoms with Crippen molar-refractivity contribution in [3.8, 4) is 23.0 Å². The third kappa shape index (κ3) is 7.52. The Morgan fingerprint density at radius 2 is 1.39 bits per heavy atom. The molecule has 2 aromatic carbocycles. The third-order valence-electron chi connectivity index (χ3n) is 5.42. The summed E-state index contributed by atoms with van der Waals surface area (Å²) in [5.74, 6) is 2.31. The molecule has 0 radical (unpaired) electrons. The molecule has 0 saturated carbocycles. The number of ether oxygens (including phenoxy) is 4. The molecule has 0 spiro atoms. The summed E-state index contributed by atoms with van der Waals surface area (Å²) in [6.07, 6.45) is 2.50. The van der Waals surface area contributed by atoms with Gasteiger partial charge in [-0.2, -0.15) is 0 Å². The average Bonchev–Trinajstić information content (AvgIpc) is 2.80. The molecular formula is C26H36ClO5P. The molecule has 0 fully saturated rings. The number of halogens is 1. The number of hydrogen-bond acceptors (Lipinski definition) is 5. The van der Waals surface area contributed by atoms with Crippen molar-refractivity contribution in [2.24, 2.45) is 0 Å². The summed E-state index contributed by atoms with van der Waals surface area (Å²) in [7, 11) is 1.26. The van der Waals surface area contributed by atoms with Crippen molar-refractivity contribution in [2.45, 2.75) is 79.1 Å². The molecule has 182 valence electrons. The smallest absolute Gasteiger partial charge is 0.191 e. The fourth-order valence-corrected chi connectivity index (χ4v) is 4.38. The van der Waals surface area contributed by atoms with Crippen LogP contribution in [0.3, 0.4) is 0 Å². The van der Waals surface area contributed by atoms with Gasteiger partial charge in [0.05, 0.1) is 41.3 Å². The highest BCUT2D eigenvalue weighted by atomic mass is 35.5. The molecule has 0 aromatic heterocycles. The summed E-state index contributed by atoms with van der Waals surface area (Å²) in [6, 6.07) is 8.91. The van der Waals surface area contributed by atoms with Crippen molar-refractivity contribution in [1.82, 2.24) is 0 Å². The Morgan fingerprint density at radius 1 is 0.879 bits per heavy atom. The molecule has 0 aliphatic rings. The first-order valence-corrected chi connectivity index (χ1v) is 12.9. The summed E-state index contributed by atoms with van der Waals surface area (Å²) < 4.78 is 24.0. The van der Waals surface area contributed by atoms with E-state index in [0.717, 1.165) is 19.3 Å². The van der Waals surface area contributed by atoms with Crippen molar-refractivity contribution in [3.05, 3.63) is 40.9 Å². The van der Waals surface area contributed by atoms with E-state index in [-0.39, 0.29) is 32.4 Å². The minimum absolute atomic E-state index is 0.0335. The predicted molar refractivity (Wildman–Crippen MR) is 138 cm³/mol. The maximum atomic E-state index is 13.4. The second-order valence-corrected chi connectivity index (χ2v) is 9.69. The standard InChI is InChI=1S/C26H36ClO5P/c1-8-16(4)30-19-14-22(31-17(5)9-2)25(23(15-19)32-18(6)10-3)33-26(28)24-20(27)12-11-13-21(24)29-7/h11-18,33H,8-10H2,1-7H3. The summed E-state index contributed by atoms with van der Waals surface area (Å²) in [5, 5.41) is 1.07. The number of benzene rings is 2. The zero-order chi connectivity index (χ0) is 24.5.